The van der Waals surface area contributed by atoms with E-state index >= 15 is 0 Å². The molecule has 1 aromatic carbocycles. The van der Waals surface area contributed by atoms with Crippen molar-refractivity contribution in [3.05, 3.63) is 36.1 Å². The first-order valence-corrected chi connectivity index (χ1v) is 6.62. The largest absolute Gasteiger partial charge is 0.460 e. The van der Waals surface area contributed by atoms with E-state index in [1.807, 2.05) is 32.0 Å². The van der Waals surface area contributed by atoms with Crippen molar-refractivity contribution in [3.63, 3.8) is 0 Å². The quantitative estimate of drug-likeness (QED) is 0.919. The molecular weight excluding hydrogens is 242 g/mol. The number of fused-ring (bicyclic) bond motifs is 1. The SMILES string of the molecule is CC1(C)OCC(CNCc2cc3ccccc3o2)O1. The van der Waals surface area contributed by atoms with Crippen LogP contribution in [-0.2, 0) is 16.0 Å². The van der Waals surface area contributed by atoms with Crippen molar-refractivity contribution >= 4 is 11.0 Å². The van der Waals surface area contributed by atoms with Crippen LogP contribution in [0.5, 0.6) is 0 Å². The van der Waals surface area contributed by atoms with Crippen LogP contribution in [0.2, 0.25) is 0 Å². The highest BCUT2D eigenvalue weighted by molar-refractivity contribution is 5.77. The molecule has 1 fully saturated rings. The molecule has 0 aliphatic carbocycles. The van der Waals surface area contributed by atoms with Crippen LogP contribution in [-0.4, -0.2) is 25.0 Å². The normalized spacial score (nSPS) is 22.1. The van der Waals surface area contributed by atoms with E-state index in [9.17, 15) is 0 Å². The fourth-order valence-electron chi connectivity index (χ4n) is 2.34. The molecule has 1 aromatic heterocycles. The zero-order valence-corrected chi connectivity index (χ0v) is 11.3. The monoisotopic (exact) mass is 261 g/mol. The molecule has 0 amide bonds. The molecule has 19 heavy (non-hydrogen) atoms. The van der Waals surface area contributed by atoms with E-state index in [-0.39, 0.29) is 6.10 Å². The van der Waals surface area contributed by atoms with Crippen LogP contribution in [0.15, 0.2) is 34.7 Å². The van der Waals surface area contributed by atoms with Crippen molar-refractivity contribution < 1.29 is 13.9 Å². The van der Waals surface area contributed by atoms with Gasteiger partial charge in [-0.2, -0.15) is 0 Å². The molecule has 0 spiro atoms. The Morgan fingerprint density at radius 1 is 1.32 bits per heavy atom. The number of furan rings is 1. The maximum atomic E-state index is 5.74. The van der Waals surface area contributed by atoms with Gasteiger partial charge in [-0.25, -0.2) is 0 Å². The predicted molar refractivity (Wildman–Crippen MR) is 72.8 cm³/mol. The first-order valence-electron chi connectivity index (χ1n) is 6.62. The molecule has 0 bridgehead atoms. The standard InChI is InChI=1S/C15H19NO3/c1-15(2)17-10-13(19-15)9-16-8-12-7-11-5-3-4-6-14(11)18-12/h3-7,13,16H,8-10H2,1-2H3. The van der Waals surface area contributed by atoms with Crippen LogP contribution in [0.25, 0.3) is 11.0 Å². The van der Waals surface area contributed by atoms with Crippen LogP contribution in [0.3, 0.4) is 0 Å². The van der Waals surface area contributed by atoms with E-state index in [1.54, 1.807) is 0 Å². The van der Waals surface area contributed by atoms with Gasteiger partial charge >= 0.3 is 0 Å². The molecule has 2 heterocycles. The summed E-state index contributed by atoms with van der Waals surface area (Å²) in [6, 6.07) is 10.1. The highest BCUT2D eigenvalue weighted by atomic mass is 16.7. The van der Waals surface area contributed by atoms with Gasteiger partial charge in [-0.1, -0.05) is 18.2 Å². The fraction of sp³-hybridized carbons (Fsp3) is 0.467. The maximum Gasteiger partial charge on any atom is 0.163 e. The molecule has 4 heteroatoms. The Bertz CT molecular complexity index is 528. The average molecular weight is 261 g/mol. The Hall–Kier alpha value is -1.36. The molecule has 0 saturated carbocycles. The van der Waals surface area contributed by atoms with Gasteiger partial charge in [-0.05, 0) is 26.0 Å². The molecule has 3 rings (SSSR count). The first kappa shape index (κ1) is 12.7. The molecule has 1 unspecified atom stereocenters. The van der Waals surface area contributed by atoms with Crippen LogP contribution in [0.4, 0.5) is 0 Å². The van der Waals surface area contributed by atoms with Gasteiger partial charge < -0.3 is 19.2 Å². The molecule has 2 aromatic rings. The lowest BCUT2D eigenvalue weighted by Crippen LogP contribution is -2.30. The third-order valence-corrected chi connectivity index (χ3v) is 3.22. The van der Waals surface area contributed by atoms with Crippen molar-refractivity contribution in [3.8, 4) is 0 Å². The number of hydrogen-bond acceptors (Lipinski definition) is 4. The van der Waals surface area contributed by atoms with Crippen molar-refractivity contribution in [2.75, 3.05) is 13.2 Å². The third kappa shape index (κ3) is 2.97. The Morgan fingerprint density at radius 3 is 2.89 bits per heavy atom. The minimum atomic E-state index is -0.453. The molecule has 1 atom stereocenters. The zero-order valence-electron chi connectivity index (χ0n) is 11.3. The van der Waals surface area contributed by atoms with E-state index < -0.39 is 5.79 Å². The topological polar surface area (TPSA) is 43.6 Å². The van der Waals surface area contributed by atoms with Gasteiger partial charge in [0.1, 0.15) is 11.3 Å². The lowest BCUT2D eigenvalue weighted by molar-refractivity contribution is -0.137. The summed E-state index contributed by atoms with van der Waals surface area (Å²) in [5.74, 6) is 0.491. The van der Waals surface area contributed by atoms with E-state index in [0.717, 1.165) is 23.3 Å². The highest BCUT2D eigenvalue weighted by Crippen LogP contribution is 2.22. The summed E-state index contributed by atoms with van der Waals surface area (Å²) in [7, 11) is 0. The molecule has 1 aliphatic heterocycles. The number of ether oxygens (including phenoxy) is 2. The number of benzene rings is 1. The second-order valence-corrected chi connectivity index (χ2v) is 5.33. The van der Waals surface area contributed by atoms with Gasteiger partial charge in [0, 0.05) is 11.9 Å². The van der Waals surface area contributed by atoms with Crippen molar-refractivity contribution in [1.82, 2.24) is 5.32 Å². The van der Waals surface area contributed by atoms with Gasteiger partial charge in [0.05, 0.1) is 19.3 Å². The number of hydrogen-bond donors (Lipinski definition) is 1. The number of nitrogens with one attached hydrogen (secondary N) is 1. The minimum absolute atomic E-state index is 0.111. The highest BCUT2D eigenvalue weighted by Gasteiger charge is 2.32. The Balaban J connectivity index is 1.52. The number of para-hydroxylation sites is 1. The summed E-state index contributed by atoms with van der Waals surface area (Å²) in [5.41, 5.74) is 0.931. The van der Waals surface area contributed by atoms with Crippen LogP contribution in [0.1, 0.15) is 19.6 Å². The smallest absolute Gasteiger partial charge is 0.163 e. The Morgan fingerprint density at radius 2 is 2.16 bits per heavy atom. The van der Waals surface area contributed by atoms with E-state index in [1.165, 1.54) is 0 Å². The summed E-state index contributed by atoms with van der Waals surface area (Å²) in [6.07, 6.45) is 0.111. The summed E-state index contributed by atoms with van der Waals surface area (Å²) < 4.78 is 17.0. The van der Waals surface area contributed by atoms with Crippen molar-refractivity contribution in [2.45, 2.75) is 32.3 Å². The van der Waals surface area contributed by atoms with Crippen molar-refractivity contribution in [1.29, 1.82) is 0 Å². The zero-order chi connectivity index (χ0) is 13.3. The van der Waals surface area contributed by atoms with Gasteiger partial charge in [0.2, 0.25) is 0 Å². The third-order valence-electron chi connectivity index (χ3n) is 3.22. The molecular formula is C15H19NO3. The van der Waals surface area contributed by atoms with Gasteiger partial charge in [-0.3, -0.25) is 0 Å². The summed E-state index contributed by atoms with van der Waals surface area (Å²) in [4.78, 5) is 0. The van der Waals surface area contributed by atoms with Gasteiger partial charge in [0.15, 0.2) is 5.79 Å². The lowest BCUT2D eigenvalue weighted by Gasteiger charge is -2.17. The molecule has 0 radical (unpaired) electrons. The molecule has 1 saturated heterocycles. The predicted octanol–water partition coefficient (Wildman–Crippen LogP) is 2.67. The second-order valence-electron chi connectivity index (χ2n) is 5.33. The molecule has 1 N–H and O–H groups in total. The summed E-state index contributed by atoms with van der Waals surface area (Å²) >= 11 is 0. The molecule has 4 nitrogen and oxygen atoms in total. The maximum absolute atomic E-state index is 5.74. The Labute approximate surface area is 112 Å². The molecule has 102 valence electrons. The fourth-order valence-corrected chi connectivity index (χ4v) is 2.34. The van der Waals surface area contributed by atoms with E-state index in [0.29, 0.717) is 13.2 Å². The van der Waals surface area contributed by atoms with Crippen LogP contribution >= 0.6 is 0 Å². The Kier molecular flexibility index (Phi) is 3.31. The van der Waals surface area contributed by atoms with Gasteiger partial charge in [-0.15, -0.1) is 0 Å². The summed E-state index contributed by atoms with van der Waals surface area (Å²) in [6.45, 7) is 5.98. The first-order chi connectivity index (χ1) is 9.12. The van der Waals surface area contributed by atoms with Crippen molar-refractivity contribution in [2.24, 2.45) is 0 Å². The van der Waals surface area contributed by atoms with Crippen LogP contribution < -0.4 is 5.32 Å². The van der Waals surface area contributed by atoms with Crippen LogP contribution in [0, 0.1) is 0 Å². The second kappa shape index (κ2) is 4.96. The molecule has 1 aliphatic rings. The van der Waals surface area contributed by atoms with E-state index in [4.69, 9.17) is 13.9 Å². The lowest BCUT2D eigenvalue weighted by atomic mass is 10.2. The average Bonchev–Trinajstić information content (AvgIpc) is 2.92. The van der Waals surface area contributed by atoms with E-state index in [2.05, 4.69) is 17.4 Å². The summed E-state index contributed by atoms with van der Waals surface area (Å²) in [5, 5.41) is 4.48. The van der Waals surface area contributed by atoms with Gasteiger partial charge in [0.25, 0.3) is 0 Å². The number of rotatable bonds is 4. The minimum Gasteiger partial charge on any atom is -0.460 e.